The van der Waals surface area contributed by atoms with E-state index in [0.29, 0.717) is 12.8 Å². The number of carbonyl (C=O) groups excluding carboxylic acids is 7. The fourth-order valence-electron chi connectivity index (χ4n) is 15.4. The number of fused-ring (bicyclic) bond motifs is 14. The molecule has 2 saturated heterocycles. The molecule has 2 fully saturated rings. The molecule has 662 valence electrons. The number of aliphatic hydroxyl groups is 9. The number of phenols is 4. The van der Waals surface area contributed by atoms with Crippen LogP contribution < -0.4 is 66.2 Å². The molecule has 15 rings (SSSR count). The van der Waals surface area contributed by atoms with Gasteiger partial charge in [-0.15, -0.1) is 0 Å². The molecule has 0 aliphatic carbocycles. The molecule has 22 N–H and O–H groups in total. The number of rotatable bonds is 19. The second-order valence-corrected chi connectivity index (χ2v) is 32.0. The fraction of sp³-hybridized carbons (Fsp3) is 0.398. The van der Waals surface area contributed by atoms with Gasteiger partial charge in [-0.2, -0.15) is 0 Å². The van der Waals surface area contributed by atoms with Crippen molar-refractivity contribution in [3.05, 3.63) is 162 Å². The molecule has 0 spiro atoms. The summed E-state index contributed by atoms with van der Waals surface area (Å²) >= 11 is 28.6. The zero-order chi connectivity index (χ0) is 89.1. The number of benzene rings is 7. The summed E-state index contributed by atoms with van der Waals surface area (Å²) in [7, 11) is 1.35. The first kappa shape index (κ1) is 90.9. The number of carboxylic acid groups (broad SMARTS) is 1. The van der Waals surface area contributed by atoms with E-state index in [1.165, 1.54) is 25.2 Å². The first-order chi connectivity index (χ1) is 59.2. The monoisotopic (exact) mass is 1800 g/mol. The lowest BCUT2D eigenvalue weighted by Gasteiger charge is -2.42. The van der Waals surface area contributed by atoms with Crippen molar-refractivity contribution in [3.8, 4) is 80.1 Å². The molecule has 8 aliphatic rings. The van der Waals surface area contributed by atoms with Crippen molar-refractivity contribution in [1.82, 2.24) is 42.5 Å². The molecule has 17 bridgehead atoms. The topological polar surface area (TPSA) is 581 Å². The Morgan fingerprint density at radius 3 is 1.69 bits per heavy atom. The van der Waals surface area contributed by atoms with Crippen molar-refractivity contribution in [1.29, 1.82) is 0 Å². The molecule has 0 aromatic heterocycles. The summed E-state index contributed by atoms with van der Waals surface area (Å²) in [5, 5.41) is 179. The van der Waals surface area contributed by atoms with Crippen molar-refractivity contribution >= 4 is 93.7 Å². The Labute approximate surface area is 725 Å². The highest BCUT2D eigenvalue weighted by atomic mass is 35.5. The highest BCUT2D eigenvalue weighted by molar-refractivity contribution is 6.37. The van der Waals surface area contributed by atoms with Gasteiger partial charge in [0, 0.05) is 40.8 Å². The zero-order valence-electron chi connectivity index (χ0n) is 65.7. The largest absolute Gasteiger partial charge is 0.508 e. The number of hydrogen-bond donors (Lipinski definition) is 22. The van der Waals surface area contributed by atoms with Crippen LogP contribution in [0.5, 0.6) is 69.0 Å². The number of phenolic OH excluding ortho intramolecular Hbond substituents is 4. The SMILES string of the molecule is CCCCCCCCCCCC(=O)NC1C(Oc2c3cc4cc2Oc2c(Cl)cc(cc2Cl)C(O)C2NC(=O)C(NC(=O)C4NC(=O)C4NC(=O)C(NC(=O)C(NC)c5ccc(O)c(c5)Oc5cc(O)c(Cl)c4c5)C(O)c4ccc(c(Cl)c4)O3)c3ccc(O)c(c3)-c3c(OC4OC(CO)C(O)C(O)C4O)cc(O)cc3C(C(=O)O)NC2=O)OC(CO)C(O)C1O. The Morgan fingerprint density at radius 2 is 1.03 bits per heavy atom. The molecular weight excluding hydrogens is 1710 g/mol. The van der Waals surface area contributed by atoms with Gasteiger partial charge in [-0.3, -0.25) is 33.6 Å². The number of unbranched alkanes of at least 4 members (excludes halogenated alkanes) is 8. The van der Waals surface area contributed by atoms with Gasteiger partial charge in [-0.25, -0.2) is 4.79 Å². The van der Waals surface area contributed by atoms with Gasteiger partial charge in [0.2, 0.25) is 59.7 Å². The van der Waals surface area contributed by atoms with Crippen molar-refractivity contribution in [2.24, 2.45) is 0 Å². The van der Waals surface area contributed by atoms with Crippen LogP contribution in [0.2, 0.25) is 20.1 Å². The average molecular weight is 1800 g/mol. The molecule has 8 aliphatic heterocycles. The smallest absolute Gasteiger partial charge is 0.330 e. The standard InChI is InChI=1S/C83H88Cl4N8O29/c1-3-4-5-6-7-8-9-10-11-12-55(102)89-65-70(107)68(105)53(30-96)122-82(65)124-74-51-24-35-25-52(74)120-73-43(85)21-36(22-44(73)86)67(104)64-80(115)93-62(81(116)117)40-26-37(98)27-50(121-83-72(109)71(108)69(106)54(31-97)123-83)56(40)39-19-32(13-16-45(39)99)59(76(111)95-64)90-77(112)60(35)91-78(113)61-41-28-38(29-47(101)57(41)87)118-49-23-33(14-17-46(49)100)58(88-2)75(110)94-63(79(114)92-61)66(103)34-15-18-48(119-51)42(84)20-34/h13-29,53-54,58-72,82-83,88,96-101,103-109H,3-12,30-31H2,1-2H3,(H,89,102)(H,90,112)(H,91,113)(H,92,114)(H,93,115)(H,94,110)(H,95,111)(H,116,117). The van der Waals surface area contributed by atoms with E-state index < -0.39 is 299 Å². The van der Waals surface area contributed by atoms with Crippen LogP contribution in [0.4, 0.5) is 0 Å². The van der Waals surface area contributed by atoms with Crippen LogP contribution in [0.3, 0.4) is 0 Å². The van der Waals surface area contributed by atoms with E-state index in [9.17, 15) is 85.9 Å². The van der Waals surface area contributed by atoms with Crippen LogP contribution in [0.15, 0.2) is 103 Å². The van der Waals surface area contributed by atoms with Crippen molar-refractivity contribution < 1.29 is 143 Å². The minimum Gasteiger partial charge on any atom is -0.508 e. The molecule has 41 heteroatoms. The first-order valence-electron chi connectivity index (χ1n) is 39.4. The Kier molecular flexibility index (Phi) is 28.4. The molecule has 0 saturated carbocycles. The summed E-state index contributed by atoms with van der Waals surface area (Å²) in [5.74, 6) is -19.3. The number of likely N-dealkylation sites (N-methyl/N-ethyl adjacent to an activating group) is 1. The molecule has 19 unspecified atom stereocenters. The van der Waals surface area contributed by atoms with Crippen LogP contribution in [-0.4, -0.2) is 213 Å². The van der Waals surface area contributed by atoms with Crippen LogP contribution in [-0.2, 0) is 47.8 Å². The molecule has 8 heterocycles. The third-order valence-corrected chi connectivity index (χ3v) is 23.3. The van der Waals surface area contributed by atoms with E-state index >= 15 is 24.0 Å². The van der Waals surface area contributed by atoms with Gasteiger partial charge in [0.15, 0.2) is 34.8 Å². The Morgan fingerprint density at radius 1 is 0.476 bits per heavy atom. The first-order valence-corrected chi connectivity index (χ1v) is 40.9. The summed E-state index contributed by atoms with van der Waals surface area (Å²) in [5.41, 5.74) is -4.30. The molecule has 37 nitrogen and oxygen atoms in total. The highest BCUT2D eigenvalue weighted by Gasteiger charge is 2.50. The molecule has 0 radical (unpaired) electrons. The van der Waals surface area contributed by atoms with Crippen LogP contribution in [0, 0.1) is 0 Å². The molecule has 7 aromatic rings. The van der Waals surface area contributed by atoms with E-state index in [1.54, 1.807) is 0 Å². The van der Waals surface area contributed by atoms with Gasteiger partial charge in [0.05, 0.1) is 33.3 Å². The zero-order valence-corrected chi connectivity index (χ0v) is 68.7. The Bertz CT molecular complexity index is 5240. The number of halogens is 4. The van der Waals surface area contributed by atoms with Gasteiger partial charge < -0.3 is 147 Å². The number of ether oxygens (including phenoxy) is 7. The number of nitrogens with one attached hydrogen (secondary N) is 8. The second kappa shape index (κ2) is 38.7. The minimum atomic E-state index is -2.55. The van der Waals surface area contributed by atoms with Gasteiger partial charge in [0.25, 0.3) is 0 Å². The van der Waals surface area contributed by atoms with E-state index in [-0.39, 0.29) is 23.3 Å². The number of carboxylic acids is 1. The molecule has 124 heavy (non-hydrogen) atoms. The molecular formula is C83H88Cl4N8O29. The number of aromatic hydroxyl groups is 4. The lowest BCUT2D eigenvalue weighted by atomic mass is 9.89. The maximum absolute atomic E-state index is 16.7. The lowest BCUT2D eigenvalue weighted by Crippen LogP contribution is -2.65. The van der Waals surface area contributed by atoms with Crippen molar-refractivity contribution in [2.45, 2.75) is 187 Å². The number of aliphatic hydroxyl groups excluding tert-OH is 9. The van der Waals surface area contributed by atoms with Crippen molar-refractivity contribution in [2.75, 3.05) is 20.3 Å². The van der Waals surface area contributed by atoms with E-state index in [2.05, 4.69) is 49.5 Å². The number of hydrogen-bond acceptors (Lipinski definition) is 29. The van der Waals surface area contributed by atoms with Crippen molar-refractivity contribution in [3.63, 3.8) is 0 Å². The maximum Gasteiger partial charge on any atom is 0.330 e. The summed E-state index contributed by atoms with van der Waals surface area (Å²) < 4.78 is 44.3. The number of carbonyl (C=O) groups is 8. The van der Waals surface area contributed by atoms with Gasteiger partial charge in [-0.1, -0.05) is 123 Å². The maximum atomic E-state index is 16.7. The van der Waals surface area contributed by atoms with E-state index in [4.69, 9.17) is 79.6 Å². The predicted molar refractivity (Wildman–Crippen MR) is 434 cm³/mol. The Balaban J connectivity index is 1.05. The van der Waals surface area contributed by atoms with E-state index in [1.807, 2.05) is 0 Å². The van der Waals surface area contributed by atoms with Crippen LogP contribution in [0.25, 0.3) is 11.1 Å². The Hall–Kier alpha value is -10.8. The summed E-state index contributed by atoms with van der Waals surface area (Å²) in [6.45, 7) is 0.0954. The number of aliphatic carboxylic acids is 1. The average Bonchev–Trinajstić information content (AvgIpc) is 0.758. The van der Waals surface area contributed by atoms with Crippen LogP contribution >= 0.6 is 46.4 Å². The quantitative estimate of drug-likeness (QED) is 0.0472. The fourth-order valence-corrected chi connectivity index (χ4v) is 16.4. The molecule has 7 aromatic carbocycles. The third kappa shape index (κ3) is 19.2. The molecule has 19 atom stereocenters. The third-order valence-electron chi connectivity index (χ3n) is 22.0. The van der Waals surface area contributed by atoms with E-state index in [0.717, 1.165) is 130 Å². The molecule has 7 amide bonds. The van der Waals surface area contributed by atoms with Gasteiger partial charge in [0.1, 0.15) is 132 Å². The summed E-state index contributed by atoms with van der Waals surface area (Å²) in [6.07, 6.45) is -14.8. The minimum absolute atomic E-state index is 0.0865. The number of amides is 7. The predicted octanol–water partition coefficient (Wildman–Crippen LogP) is 5.03. The van der Waals surface area contributed by atoms with Crippen LogP contribution in [0.1, 0.15) is 152 Å². The summed E-state index contributed by atoms with van der Waals surface area (Å²) in [4.78, 5) is 123. The normalized spacial score (nSPS) is 26.9. The van der Waals surface area contributed by atoms with Gasteiger partial charge >= 0.3 is 5.97 Å². The summed E-state index contributed by atoms with van der Waals surface area (Å²) in [6, 6.07) is -0.532. The highest BCUT2D eigenvalue weighted by Crippen LogP contribution is 2.52. The lowest BCUT2D eigenvalue weighted by molar-refractivity contribution is -0.277. The van der Waals surface area contributed by atoms with Gasteiger partial charge in [-0.05, 0) is 114 Å². The second-order valence-electron chi connectivity index (χ2n) is 30.4.